The number of carbonyl (C=O) groups is 2. The van der Waals surface area contributed by atoms with E-state index in [1.54, 1.807) is 6.07 Å². The van der Waals surface area contributed by atoms with Crippen LogP contribution in [-0.4, -0.2) is 23.3 Å². The highest BCUT2D eigenvalue weighted by atomic mass is 32.2. The Kier molecular flexibility index (Phi) is 3.30. The Balaban J connectivity index is 2.33. The largest absolute Gasteiger partial charge is 0.463 e. The number of amides is 1. The highest BCUT2D eigenvalue weighted by molar-refractivity contribution is 8.26. The third-order valence-electron chi connectivity index (χ3n) is 2.00. The van der Waals surface area contributed by atoms with Crippen molar-refractivity contribution in [2.24, 2.45) is 0 Å². The summed E-state index contributed by atoms with van der Waals surface area (Å²) in [4.78, 5) is 23.2. The van der Waals surface area contributed by atoms with Gasteiger partial charge >= 0.3 is 5.97 Å². The van der Waals surface area contributed by atoms with Crippen LogP contribution in [-0.2, 0) is 9.53 Å². The average Bonchev–Trinajstić information content (AvgIpc) is 2.86. The van der Waals surface area contributed by atoms with Crippen LogP contribution < -0.4 is 5.32 Å². The first-order chi connectivity index (χ1) is 8.11. The molecule has 1 amide bonds. The molecule has 88 valence electrons. The molecule has 0 radical (unpaired) electrons. The number of methoxy groups -OCH3 is 1. The molecule has 0 bridgehead atoms. The number of carbonyl (C=O) groups excluding carboxylic acids is 2. The Bertz CT molecular complexity index is 532. The highest BCUT2D eigenvalue weighted by Crippen LogP contribution is 2.27. The molecule has 17 heavy (non-hydrogen) atoms. The Morgan fingerprint density at radius 1 is 1.65 bits per heavy atom. The minimum Gasteiger partial charge on any atom is -0.463 e. The molecule has 1 saturated heterocycles. The number of hydrogen-bond donors (Lipinski definition) is 1. The third kappa shape index (κ3) is 2.40. The van der Waals surface area contributed by atoms with Crippen LogP contribution in [0.3, 0.4) is 0 Å². The first-order valence-electron chi connectivity index (χ1n) is 4.52. The van der Waals surface area contributed by atoms with Crippen molar-refractivity contribution in [1.29, 1.82) is 0 Å². The summed E-state index contributed by atoms with van der Waals surface area (Å²) in [6.07, 6.45) is 2.89. The van der Waals surface area contributed by atoms with E-state index >= 15 is 0 Å². The van der Waals surface area contributed by atoms with Crippen LogP contribution in [0.15, 0.2) is 21.7 Å². The molecule has 5 nitrogen and oxygen atoms in total. The molecule has 1 aliphatic heterocycles. The van der Waals surface area contributed by atoms with E-state index in [0.717, 1.165) is 11.8 Å². The average molecular weight is 269 g/mol. The zero-order valence-corrected chi connectivity index (χ0v) is 10.3. The molecule has 0 spiro atoms. The molecule has 1 aliphatic rings. The molecule has 0 atom stereocenters. The molecule has 7 heteroatoms. The number of thiocarbonyl (C=S) groups is 1. The smallest absolute Gasteiger partial charge is 0.374 e. The van der Waals surface area contributed by atoms with Crippen molar-refractivity contribution in [2.45, 2.75) is 0 Å². The monoisotopic (exact) mass is 269 g/mol. The van der Waals surface area contributed by atoms with Gasteiger partial charge in [-0.25, -0.2) is 4.79 Å². The number of esters is 1. The van der Waals surface area contributed by atoms with Crippen LogP contribution in [0.25, 0.3) is 6.08 Å². The van der Waals surface area contributed by atoms with Gasteiger partial charge in [0.25, 0.3) is 5.91 Å². The molecule has 1 N–H and O–H groups in total. The fraction of sp³-hybridized carbons (Fsp3) is 0.100. The second-order valence-corrected chi connectivity index (χ2v) is 4.77. The van der Waals surface area contributed by atoms with Gasteiger partial charge in [0, 0.05) is 5.56 Å². The van der Waals surface area contributed by atoms with E-state index in [0.29, 0.717) is 14.8 Å². The first kappa shape index (κ1) is 11.9. The third-order valence-corrected chi connectivity index (χ3v) is 3.16. The topological polar surface area (TPSA) is 68.5 Å². The van der Waals surface area contributed by atoms with Crippen LogP contribution in [0.4, 0.5) is 0 Å². The van der Waals surface area contributed by atoms with Gasteiger partial charge in [0.15, 0.2) is 0 Å². The number of nitrogens with one attached hydrogen (secondary N) is 1. The Hall–Kier alpha value is -1.60. The SMILES string of the molecule is COC(=O)c1occc1C=C1SC(=S)NC1=O. The van der Waals surface area contributed by atoms with Crippen molar-refractivity contribution in [3.8, 4) is 0 Å². The van der Waals surface area contributed by atoms with Gasteiger partial charge in [-0.1, -0.05) is 24.0 Å². The van der Waals surface area contributed by atoms with Crippen LogP contribution in [0.1, 0.15) is 16.1 Å². The van der Waals surface area contributed by atoms with Crippen molar-refractivity contribution in [3.05, 3.63) is 28.6 Å². The molecule has 1 aromatic heterocycles. The Morgan fingerprint density at radius 3 is 3.00 bits per heavy atom. The first-order valence-corrected chi connectivity index (χ1v) is 5.75. The molecule has 0 saturated carbocycles. The predicted molar refractivity (Wildman–Crippen MR) is 66.4 cm³/mol. The molecular formula is C10H7NO4S2. The van der Waals surface area contributed by atoms with Crippen LogP contribution in [0.5, 0.6) is 0 Å². The standard InChI is InChI=1S/C10H7NO4S2/c1-14-9(13)7-5(2-3-15-7)4-6-8(12)11-10(16)17-6/h2-4H,1H3,(H,11,12,16). The summed E-state index contributed by atoms with van der Waals surface area (Å²) >= 11 is 5.99. The Morgan fingerprint density at radius 2 is 2.41 bits per heavy atom. The maximum atomic E-state index is 11.4. The summed E-state index contributed by atoms with van der Waals surface area (Å²) in [5.41, 5.74) is 0.485. The lowest BCUT2D eigenvalue weighted by atomic mass is 10.2. The van der Waals surface area contributed by atoms with Crippen LogP contribution >= 0.6 is 24.0 Å². The van der Waals surface area contributed by atoms with Crippen LogP contribution in [0.2, 0.25) is 0 Å². The fourth-order valence-corrected chi connectivity index (χ4v) is 2.29. The molecule has 0 unspecified atom stereocenters. The van der Waals surface area contributed by atoms with E-state index in [9.17, 15) is 9.59 Å². The summed E-state index contributed by atoms with van der Waals surface area (Å²) in [7, 11) is 1.26. The molecule has 2 rings (SSSR count). The minimum atomic E-state index is -0.590. The van der Waals surface area contributed by atoms with Crippen molar-refractivity contribution in [2.75, 3.05) is 7.11 Å². The highest BCUT2D eigenvalue weighted by Gasteiger charge is 2.24. The Labute approximate surface area is 106 Å². The van der Waals surface area contributed by atoms with Gasteiger partial charge in [-0.05, 0) is 12.1 Å². The van der Waals surface area contributed by atoms with E-state index in [1.807, 2.05) is 0 Å². The van der Waals surface area contributed by atoms with E-state index in [-0.39, 0.29) is 11.7 Å². The zero-order valence-electron chi connectivity index (χ0n) is 8.68. The lowest BCUT2D eigenvalue weighted by molar-refractivity contribution is -0.115. The van der Waals surface area contributed by atoms with Gasteiger partial charge < -0.3 is 14.5 Å². The van der Waals surface area contributed by atoms with Crippen LogP contribution in [0, 0.1) is 0 Å². The molecule has 2 heterocycles. The molecule has 1 fully saturated rings. The normalized spacial score (nSPS) is 17.4. The number of rotatable bonds is 2. The number of hydrogen-bond acceptors (Lipinski definition) is 6. The second-order valence-electron chi connectivity index (χ2n) is 3.05. The van der Waals surface area contributed by atoms with E-state index in [1.165, 1.54) is 19.4 Å². The lowest BCUT2D eigenvalue weighted by Gasteiger charge is -1.96. The van der Waals surface area contributed by atoms with Crippen molar-refractivity contribution in [1.82, 2.24) is 5.32 Å². The van der Waals surface area contributed by atoms with E-state index in [4.69, 9.17) is 16.6 Å². The maximum Gasteiger partial charge on any atom is 0.374 e. The van der Waals surface area contributed by atoms with Crippen molar-refractivity contribution in [3.63, 3.8) is 0 Å². The van der Waals surface area contributed by atoms with Crippen molar-refractivity contribution < 1.29 is 18.7 Å². The van der Waals surface area contributed by atoms with Gasteiger partial charge in [-0.15, -0.1) is 0 Å². The van der Waals surface area contributed by atoms with E-state index < -0.39 is 5.97 Å². The number of thioether (sulfide) groups is 1. The van der Waals surface area contributed by atoms with Crippen molar-refractivity contribution >= 4 is 46.3 Å². The van der Waals surface area contributed by atoms with Gasteiger partial charge in [0.1, 0.15) is 4.32 Å². The molecular weight excluding hydrogens is 262 g/mol. The fourth-order valence-electron chi connectivity index (χ4n) is 1.25. The summed E-state index contributed by atoms with van der Waals surface area (Å²) in [6, 6.07) is 1.58. The molecule has 0 aromatic carbocycles. The molecule has 1 aromatic rings. The zero-order chi connectivity index (χ0) is 12.4. The summed E-state index contributed by atoms with van der Waals surface area (Å²) in [6.45, 7) is 0. The number of ether oxygens (including phenoxy) is 1. The van der Waals surface area contributed by atoms with Gasteiger partial charge in [-0.2, -0.15) is 0 Å². The summed E-state index contributed by atoms with van der Waals surface area (Å²) in [5.74, 6) is -0.809. The predicted octanol–water partition coefficient (Wildman–Crippen LogP) is 1.55. The molecule has 0 aliphatic carbocycles. The second kappa shape index (κ2) is 4.72. The number of furan rings is 1. The minimum absolute atomic E-state index is 0.0613. The lowest BCUT2D eigenvalue weighted by Crippen LogP contribution is -2.17. The van der Waals surface area contributed by atoms with Gasteiger partial charge in [0.05, 0.1) is 18.3 Å². The van der Waals surface area contributed by atoms with E-state index in [2.05, 4.69) is 10.1 Å². The van der Waals surface area contributed by atoms with Gasteiger partial charge in [0.2, 0.25) is 5.76 Å². The quantitative estimate of drug-likeness (QED) is 0.499. The summed E-state index contributed by atoms with van der Waals surface area (Å²) in [5, 5.41) is 2.48. The summed E-state index contributed by atoms with van der Waals surface area (Å²) < 4.78 is 9.94. The maximum absolute atomic E-state index is 11.4. The van der Waals surface area contributed by atoms with Gasteiger partial charge in [-0.3, -0.25) is 4.79 Å².